The van der Waals surface area contributed by atoms with Gasteiger partial charge in [-0.25, -0.2) is 9.97 Å². The Kier molecular flexibility index (Phi) is 4.00. The maximum atomic E-state index is 5.77. The number of rotatable bonds is 3. The van der Waals surface area contributed by atoms with Crippen molar-refractivity contribution in [2.75, 3.05) is 5.73 Å². The summed E-state index contributed by atoms with van der Waals surface area (Å²) in [7, 11) is 0. The molecule has 0 fully saturated rings. The summed E-state index contributed by atoms with van der Waals surface area (Å²) in [4.78, 5) is 8.51. The van der Waals surface area contributed by atoms with Gasteiger partial charge in [0.25, 0.3) is 0 Å². The van der Waals surface area contributed by atoms with Gasteiger partial charge >= 0.3 is 0 Å². The van der Waals surface area contributed by atoms with Gasteiger partial charge in [-0.3, -0.25) is 0 Å². The third kappa shape index (κ3) is 3.10. The normalized spacial score (nSPS) is 10.7. The highest BCUT2D eigenvalue weighted by atomic mass is 127. The molecule has 0 bridgehead atoms. The lowest BCUT2D eigenvalue weighted by Gasteiger charge is -2.09. The molecule has 0 aliphatic heterocycles. The van der Waals surface area contributed by atoms with Crippen LogP contribution in [-0.4, -0.2) is 16.1 Å². The highest BCUT2D eigenvalue weighted by Gasteiger charge is 2.05. The average molecular weight is 355 g/mol. The van der Waals surface area contributed by atoms with E-state index in [2.05, 4.69) is 32.6 Å². The molecule has 0 atom stereocenters. The maximum absolute atomic E-state index is 5.77. The van der Waals surface area contributed by atoms with Gasteiger partial charge < -0.3 is 10.5 Å². The fourth-order valence-corrected chi connectivity index (χ4v) is 1.73. The molecule has 0 amide bonds. The second-order valence-electron chi connectivity index (χ2n) is 4.12. The van der Waals surface area contributed by atoms with E-state index in [1.54, 1.807) is 6.20 Å². The predicted molar refractivity (Wildman–Crippen MR) is 80.4 cm³/mol. The van der Waals surface area contributed by atoms with Crippen LogP contribution in [0.3, 0.4) is 0 Å². The van der Waals surface area contributed by atoms with Crippen molar-refractivity contribution in [3.8, 4) is 17.1 Å². The number of nitrogens with zero attached hydrogens (tertiary/aromatic N) is 2. The van der Waals surface area contributed by atoms with Gasteiger partial charge in [0.15, 0.2) is 5.82 Å². The summed E-state index contributed by atoms with van der Waals surface area (Å²) in [5, 5.41) is 0. The molecule has 2 aromatic rings. The summed E-state index contributed by atoms with van der Waals surface area (Å²) in [6.07, 6.45) is 1.89. The molecule has 0 radical (unpaired) electrons. The number of hydrogen-bond donors (Lipinski definition) is 1. The molecule has 0 spiro atoms. The second-order valence-corrected chi connectivity index (χ2v) is 5.28. The molecule has 2 rings (SSSR count). The van der Waals surface area contributed by atoms with Crippen LogP contribution in [0.15, 0.2) is 30.5 Å². The van der Waals surface area contributed by atoms with Crippen LogP contribution in [0, 0.1) is 3.57 Å². The first-order valence-electron chi connectivity index (χ1n) is 5.61. The summed E-state index contributed by atoms with van der Waals surface area (Å²) in [6, 6.07) is 7.68. The van der Waals surface area contributed by atoms with Gasteiger partial charge in [0.2, 0.25) is 0 Å². The molecule has 5 heteroatoms. The third-order valence-electron chi connectivity index (χ3n) is 2.26. The van der Waals surface area contributed by atoms with E-state index in [0.717, 1.165) is 14.9 Å². The quantitative estimate of drug-likeness (QED) is 0.860. The molecule has 0 aliphatic carbocycles. The minimum absolute atomic E-state index is 0.168. The molecule has 1 heterocycles. The Labute approximate surface area is 120 Å². The number of nitrogens with two attached hydrogens (primary N) is 1. The van der Waals surface area contributed by atoms with E-state index in [4.69, 9.17) is 10.5 Å². The lowest BCUT2D eigenvalue weighted by Crippen LogP contribution is -2.05. The molecule has 0 unspecified atom stereocenters. The van der Waals surface area contributed by atoms with Crippen molar-refractivity contribution in [1.82, 2.24) is 9.97 Å². The van der Waals surface area contributed by atoms with Gasteiger partial charge in [0.05, 0.1) is 9.67 Å². The first kappa shape index (κ1) is 13.1. The van der Waals surface area contributed by atoms with Crippen LogP contribution in [-0.2, 0) is 0 Å². The second kappa shape index (κ2) is 5.51. The summed E-state index contributed by atoms with van der Waals surface area (Å²) >= 11 is 2.11. The first-order chi connectivity index (χ1) is 8.56. The van der Waals surface area contributed by atoms with Crippen LogP contribution in [0.2, 0.25) is 0 Å². The topological polar surface area (TPSA) is 61.0 Å². The fourth-order valence-electron chi connectivity index (χ4n) is 1.47. The van der Waals surface area contributed by atoms with E-state index in [1.807, 2.05) is 38.1 Å². The van der Waals surface area contributed by atoms with Gasteiger partial charge in [-0.1, -0.05) is 0 Å². The van der Waals surface area contributed by atoms with Crippen LogP contribution in [0.4, 0.5) is 5.82 Å². The Morgan fingerprint density at radius 1 is 1.22 bits per heavy atom. The molecule has 4 nitrogen and oxygen atoms in total. The van der Waals surface area contributed by atoms with Gasteiger partial charge in [0.1, 0.15) is 11.6 Å². The summed E-state index contributed by atoms with van der Waals surface area (Å²) in [5.74, 6) is 1.97. The number of anilines is 1. The van der Waals surface area contributed by atoms with Crippen LogP contribution in [0.25, 0.3) is 11.4 Å². The van der Waals surface area contributed by atoms with Crippen molar-refractivity contribution in [2.45, 2.75) is 20.0 Å². The zero-order valence-corrected chi connectivity index (χ0v) is 12.4. The van der Waals surface area contributed by atoms with Crippen molar-refractivity contribution in [1.29, 1.82) is 0 Å². The van der Waals surface area contributed by atoms with Crippen LogP contribution in [0.1, 0.15) is 13.8 Å². The minimum Gasteiger partial charge on any atom is -0.491 e. The minimum atomic E-state index is 0.168. The molecule has 0 aliphatic rings. The van der Waals surface area contributed by atoms with E-state index in [-0.39, 0.29) is 6.10 Å². The number of halogens is 1. The Bertz CT molecular complexity index is 540. The van der Waals surface area contributed by atoms with E-state index in [1.165, 1.54) is 0 Å². The molecule has 2 N–H and O–H groups in total. The van der Waals surface area contributed by atoms with Crippen molar-refractivity contribution in [3.63, 3.8) is 0 Å². The maximum Gasteiger partial charge on any atom is 0.161 e. The predicted octanol–water partition coefficient (Wildman–Crippen LogP) is 3.12. The molecule has 1 aromatic heterocycles. The summed E-state index contributed by atoms with van der Waals surface area (Å²) in [6.45, 7) is 3.99. The van der Waals surface area contributed by atoms with Crippen molar-refractivity contribution < 1.29 is 4.74 Å². The number of ether oxygens (including phenoxy) is 1. The largest absolute Gasteiger partial charge is 0.491 e. The molecular weight excluding hydrogens is 341 g/mol. The lowest BCUT2D eigenvalue weighted by molar-refractivity contribution is 0.242. The highest BCUT2D eigenvalue weighted by Crippen LogP contribution is 2.21. The van der Waals surface area contributed by atoms with Gasteiger partial charge in [-0.15, -0.1) is 0 Å². The van der Waals surface area contributed by atoms with Crippen LogP contribution < -0.4 is 10.5 Å². The SMILES string of the molecule is CC(C)Oc1ccc(-c2ncc(I)c(N)n2)cc1. The van der Waals surface area contributed by atoms with E-state index in [9.17, 15) is 0 Å². The van der Waals surface area contributed by atoms with Crippen LogP contribution >= 0.6 is 22.6 Å². The Hall–Kier alpha value is -1.37. The molecule has 18 heavy (non-hydrogen) atoms. The zero-order valence-electron chi connectivity index (χ0n) is 10.2. The number of hydrogen-bond acceptors (Lipinski definition) is 4. The highest BCUT2D eigenvalue weighted by molar-refractivity contribution is 14.1. The lowest BCUT2D eigenvalue weighted by atomic mass is 10.2. The van der Waals surface area contributed by atoms with Gasteiger partial charge in [0, 0.05) is 11.8 Å². The number of benzene rings is 1. The Morgan fingerprint density at radius 2 is 1.89 bits per heavy atom. The fraction of sp³-hybridized carbons (Fsp3) is 0.231. The summed E-state index contributed by atoms with van der Waals surface area (Å²) < 4.78 is 6.44. The molecule has 0 saturated carbocycles. The monoisotopic (exact) mass is 355 g/mol. The van der Waals surface area contributed by atoms with E-state index >= 15 is 0 Å². The van der Waals surface area contributed by atoms with Crippen LogP contribution in [0.5, 0.6) is 5.75 Å². The van der Waals surface area contributed by atoms with E-state index in [0.29, 0.717) is 11.6 Å². The van der Waals surface area contributed by atoms with Gasteiger partial charge in [-0.2, -0.15) is 0 Å². The summed E-state index contributed by atoms with van der Waals surface area (Å²) in [5.41, 5.74) is 6.70. The zero-order chi connectivity index (χ0) is 13.1. The van der Waals surface area contributed by atoms with Crippen molar-refractivity contribution >= 4 is 28.4 Å². The molecule has 94 valence electrons. The van der Waals surface area contributed by atoms with Crippen molar-refractivity contribution in [3.05, 3.63) is 34.0 Å². The molecular formula is C13H14IN3O. The van der Waals surface area contributed by atoms with E-state index < -0.39 is 0 Å². The Balaban J connectivity index is 2.25. The molecule has 1 aromatic carbocycles. The molecule has 0 saturated heterocycles. The first-order valence-corrected chi connectivity index (χ1v) is 6.69. The average Bonchev–Trinajstić information content (AvgIpc) is 2.33. The number of aromatic nitrogens is 2. The Morgan fingerprint density at radius 3 is 2.44 bits per heavy atom. The standard InChI is InChI=1S/C13H14IN3O/c1-8(2)18-10-5-3-9(4-6-10)13-16-7-11(14)12(15)17-13/h3-8H,1-2H3,(H2,15,16,17). The number of nitrogen functional groups attached to an aromatic ring is 1. The third-order valence-corrected chi connectivity index (χ3v) is 3.09. The van der Waals surface area contributed by atoms with Gasteiger partial charge in [-0.05, 0) is 60.7 Å². The van der Waals surface area contributed by atoms with Crippen molar-refractivity contribution in [2.24, 2.45) is 0 Å². The smallest absolute Gasteiger partial charge is 0.161 e.